The van der Waals surface area contributed by atoms with E-state index in [2.05, 4.69) is 95.4 Å². The van der Waals surface area contributed by atoms with E-state index in [9.17, 15) is 0 Å². The van der Waals surface area contributed by atoms with Crippen LogP contribution in [0.5, 0.6) is 0 Å². The number of nitrogens with zero attached hydrogens (tertiary/aromatic N) is 6. The third-order valence-corrected chi connectivity index (χ3v) is 19.5. The molecule has 244 valence electrons. The molecule has 0 amide bonds. The highest BCUT2D eigenvalue weighted by molar-refractivity contribution is 8.00. The van der Waals surface area contributed by atoms with Crippen molar-refractivity contribution in [3.63, 3.8) is 0 Å². The highest BCUT2D eigenvalue weighted by Gasteiger charge is 2.49. The number of benzene rings is 6. The van der Waals surface area contributed by atoms with Crippen LogP contribution >= 0.6 is 11.8 Å². The largest absolute Gasteiger partial charge is 0.276 e. The van der Waals surface area contributed by atoms with Crippen molar-refractivity contribution in [2.75, 3.05) is 0 Å². The number of imidazole rings is 2. The molecule has 1 atom stereocenters. The molecule has 1 unspecified atom stereocenters. The van der Waals surface area contributed by atoms with Gasteiger partial charge in [-0.3, -0.25) is 4.40 Å². The third kappa shape index (κ3) is 4.35. The summed E-state index contributed by atoms with van der Waals surface area (Å²) in [5, 5.41) is 5.11. The summed E-state index contributed by atoms with van der Waals surface area (Å²) < 4.78 is 31.3. The van der Waals surface area contributed by atoms with Gasteiger partial charge >= 0.3 is 0 Å². The zero-order chi connectivity index (χ0) is 36.7. The Morgan fingerprint density at radius 3 is 2.04 bits per heavy atom. The number of hydrogen-bond acceptors (Lipinski definition) is 5. The van der Waals surface area contributed by atoms with Crippen LogP contribution in [0.3, 0.4) is 0 Å². The predicted octanol–water partition coefficient (Wildman–Crippen LogP) is 5.28. The maximum atomic E-state index is 9.04. The van der Waals surface area contributed by atoms with Crippen LogP contribution in [0.15, 0.2) is 168 Å². The molecule has 0 radical (unpaired) electrons. The molecule has 6 aromatic carbocycles. The highest BCUT2D eigenvalue weighted by Crippen LogP contribution is 2.33. The lowest BCUT2D eigenvalue weighted by molar-refractivity contribution is 0.942. The molecular weight excluding hydrogens is 677 g/mol. The Hall–Kier alpha value is -5.62. The van der Waals surface area contributed by atoms with Gasteiger partial charge in [-0.05, 0) is 56.3 Å². The second-order valence-corrected chi connectivity index (χ2v) is 21.1. The van der Waals surface area contributed by atoms with E-state index in [1.165, 1.54) is 0 Å². The lowest BCUT2D eigenvalue weighted by atomic mass is 10.3. The van der Waals surface area contributed by atoms with Gasteiger partial charge in [0.2, 0.25) is 19.8 Å². The van der Waals surface area contributed by atoms with Crippen molar-refractivity contribution in [1.29, 1.82) is 0 Å². The maximum absolute atomic E-state index is 9.04. The predicted molar refractivity (Wildman–Crippen MR) is 214 cm³/mol. The van der Waals surface area contributed by atoms with Crippen molar-refractivity contribution < 1.29 is 4.11 Å². The normalized spacial score (nSPS) is 16.8. The van der Waals surface area contributed by atoms with Crippen molar-refractivity contribution in [3.8, 4) is 5.95 Å². The number of para-hydroxylation sites is 4. The van der Waals surface area contributed by atoms with E-state index in [-0.39, 0.29) is 0 Å². The minimum absolute atomic E-state index is 0.467. The number of hydrogen-bond donors (Lipinski definition) is 0. The van der Waals surface area contributed by atoms with E-state index < -0.39 is 22.6 Å². The Bertz CT molecular complexity index is 2860. The van der Waals surface area contributed by atoms with E-state index in [1.54, 1.807) is 18.1 Å². The van der Waals surface area contributed by atoms with Gasteiger partial charge in [-0.15, -0.1) is 0 Å². The van der Waals surface area contributed by atoms with Gasteiger partial charge in [0.15, 0.2) is 0 Å². The first kappa shape index (κ1) is 27.2. The molecule has 1 aliphatic rings. The van der Waals surface area contributed by atoms with Gasteiger partial charge in [0.1, 0.15) is 19.8 Å². The summed E-state index contributed by atoms with van der Waals surface area (Å²) in [4.78, 5) is 22.6. The summed E-state index contributed by atoms with van der Waals surface area (Å²) in [7, 11) is -6.71. The number of fused-ring (bicyclic) bond motifs is 7. The van der Waals surface area contributed by atoms with Crippen LogP contribution in [0, 0.1) is 0 Å². The lowest BCUT2D eigenvalue weighted by Gasteiger charge is -2.38. The Kier molecular flexibility index (Phi) is 6.10. The van der Waals surface area contributed by atoms with Gasteiger partial charge in [0.25, 0.3) is 0 Å². The molecule has 0 bridgehead atoms. The molecular formula is C42H32N6SSi2. The van der Waals surface area contributed by atoms with Crippen molar-refractivity contribution >= 4 is 87.1 Å². The van der Waals surface area contributed by atoms with Gasteiger partial charge < -0.3 is 0 Å². The number of aromatic nitrogens is 6. The summed E-state index contributed by atoms with van der Waals surface area (Å²) in [5.74, 6) is 1.18. The van der Waals surface area contributed by atoms with Gasteiger partial charge in [-0.1, -0.05) is 146 Å². The fraction of sp³-hybridized carbons (Fsp3) is 0.0476. The summed E-state index contributed by atoms with van der Waals surface area (Å²) in [6.07, 6.45) is 1.62. The molecule has 0 N–H and O–H groups in total. The summed E-state index contributed by atoms with van der Waals surface area (Å²) in [6.45, 7) is -0.177. The van der Waals surface area contributed by atoms with Crippen molar-refractivity contribution in [3.05, 3.63) is 158 Å². The molecule has 6 nitrogen and oxygen atoms in total. The van der Waals surface area contributed by atoms with Crippen molar-refractivity contribution in [2.45, 2.75) is 22.8 Å². The monoisotopic (exact) mass is 711 g/mol. The second-order valence-electron chi connectivity index (χ2n) is 13.1. The molecule has 0 aliphatic carbocycles. The lowest BCUT2D eigenvalue weighted by Crippen LogP contribution is -2.77. The molecule has 0 fully saturated rings. The smallest absolute Gasteiger partial charge is 0.239 e. The Morgan fingerprint density at radius 2 is 1.27 bits per heavy atom. The van der Waals surface area contributed by atoms with Crippen molar-refractivity contribution in [1.82, 2.24) is 28.9 Å². The molecule has 9 heteroatoms. The van der Waals surface area contributed by atoms with Crippen LogP contribution in [0.4, 0.5) is 0 Å². The average Bonchev–Trinajstić information content (AvgIpc) is 3.74. The molecule has 51 heavy (non-hydrogen) atoms. The van der Waals surface area contributed by atoms with Gasteiger partial charge in [0, 0.05) is 13.9 Å². The van der Waals surface area contributed by atoms with Crippen molar-refractivity contribution in [2.24, 2.45) is 0 Å². The second kappa shape index (κ2) is 11.5. The van der Waals surface area contributed by atoms with Gasteiger partial charge in [-0.25, -0.2) is 24.5 Å². The highest BCUT2D eigenvalue weighted by atomic mass is 32.2. The minimum Gasteiger partial charge on any atom is -0.276 e. The molecule has 3 aromatic heterocycles. The fourth-order valence-electron chi connectivity index (χ4n) is 7.92. The van der Waals surface area contributed by atoms with Crippen LogP contribution < -0.4 is 31.4 Å². The van der Waals surface area contributed by atoms with Crippen LogP contribution in [0.25, 0.3) is 33.8 Å². The van der Waals surface area contributed by atoms with Crippen LogP contribution in [-0.2, 0) is 0 Å². The Labute approximate surface area is 305 Å². The molecule has 10 rings (SSSR count). The maximum Gasteiger partial charge on any atom is 0.239 e. The van der Waals surface area contributed by atoms with E-state index in [0.29, 0.717) is 17.2 Å². The van der Waals surface area contributed by atoms with Crippen LogP contribution in [0.2, 0.25) is 13.0 Å². The first-order valence-corrected chi connectivity index (χ1v) is 22.2. The first-order valence-electron chi connectivity index (χ1n) is 18.4. The molecule has 0 spiro atoms. The molecule has 9 aromatic rings. The van der Waals surface area contributed by atoms with E-state index in [0.717, 1.165) is 57.8 Å². The third-order valence-electron chi connectivity index (χ3n) is 10.2. The van der Waals surface area contributed by atoms with E-state index >= 15 is 0 Å². The van der Waals surface area contributed by atoms with Crippen LogP contribution in [-0.4, -0.2) is 45.1 Å². The zero-order valence-corrected chi connectivity index (χ0v) is 30.4. The standard InChI is InChI=1S/C42H32N6SSi2/c1-50(2)36-25-14-13-24-35(36)49-39-37(50)26-15-27-38(39)51(29-16-5-3-6-17-29,30-18-7-4-8-19-30)41-44-28-43-40(46-41)48-34-23-12-11-22-33(34)47-32-21-10-9-20-31(32)45-42(47)48/h3-28H,1-2H3/i1D3. The molecule has 4 heterocycles. The SMILES string of the molecule is [2H]C([2H])([2H])[Si]1(C)c2ccccc2Sc2c([Si](c3ccccc3)(c3ccccc3)c3ncnc(-n4c5ccccc5n5c6ccccc6nc45)n3)cccc21. The topological polar surface area (TPSA) is 60.9 Å². The number of rotatable bonds is 5. The van der Waals surface area contributed by atoms with E-state index in [4.69, 9.17) is 24.0 Å². The molecule has 1 aliphatic heterocycles. The molecule has 0 saturated carbocycles. The Balaban J connectivity index is 1.32. The van der Waals surface area contributed by atoms with Crippen LogP contribution in [0.1, 0.15) is 4.11 Å². The first-order chi connectivity index (χ1) is 26.3. The zero-order valence-electron chi connectivity index (χ0n) is 30.6. The van der Waals surface area contributed by atoms with Gasteiger partial charge in [0.05, 0.1) is 22.1 Å². The summed E-state index contributed by atoms with van der Waals surface area (Å²) >= 11 is 1.68. The van der Waals surface area contributed by atoms with E-state index in [1.807, 2.05) is 71.8 Å². The minimum atomic E-state index is -3.42. The average molecular weight is 712 g/mol. The Morgan fingerprint density at radius 1 is 0.627 bits per heavy atom. The fourth-order valence-corrected chi connectivity index (χ4v) is 17.8. The van der Waals surface area contributed by atoms with Gasteiger partial charge in [-0.2, -0.15) is 0 Å². The summed E-state index contributed by atoms with van der Waals surface area (Å²) in [5.41, 5.74) is 4.47. The summed E-state index contributed by atoms with van der Waals surface area (Å²) in [6, 6.07) is 51.8. The molecule has 0 saturated heterocycles. The quantitative estimate of drug-likeness (QED) is 0.180.